The van der Waals surface area contributed by atoms with Gasteiger partial charge in [0.05, 0.1) is 5.75 Å². The molecular formula is C13H20N6OS. The Labute approximate surface area is 127 Å². The second-order valence-corrected chi connectivity index (χ2v) is 6.24. The zero-order chi connectivity index (χ0) is 15.6. The first-order valence-corrected chi connectivity index (χ1v) is 7.78. The van der Waals surface area contributed by atoms with Gasteiger partial charge in [0, 0.05) is 12.1 Å². The van der Waals surface area contributed by atoms with E-state index in [1.807, 2.05) is 32.6 Å². The maximum Gasteiger partial charge on any atom is 0.233 e. The van der Waals surface area contributed by atoms with Crippen molar-refractivity contribution < 1.29 is 4.79 Å². The van der Waals surface area contributed by atoms with E-state index in [0.29, 0.717) is 27.9 Å². The van der Waals surface area contributed by atoms with Crippen LogP contribution in [0.4, 0.5) is 5.82 Å². The van der Waals surface area contributed by atoms with E-state index in [0.717, 1.165) is 0 Å². The molecule has 0 aliphatic heterocycles. The summed E-state index contributed by atoms with van der Waals surface area (Å²) in [5.41, 5.74) is 6.87. The van der Waals surface area contributed by atoms with Gasteiger partial charge < -0.3 is 15.6 Å². The number of imidazole rings is 1. The summed E-state index contributed by atoms with van der Waals surface area (Å²) in [6, 6.07) is 0.352. The monoisotopic (exact) mass is 308 g/mol. The molecule has 0 saturated carbocycles. The average Bonchev–Trinajstić information content (AvgIpc) is 2.80. The molecule has 114 valence electrons. The van der Waals surface area contributed by atoms with Gasteiger partial charge in [-0.3, -0.25) is 4.79 Å². The minimum Gasteiger partial charge on any atom is -0.382 e. The molecule has 0 aliphatic rings. The first-order chi connectivity index (χ1) is 9.90. The molecule has 1 amide bonds. The van der Waals surface area contributed by atoms with Crippen LogP contribution >= 0.6 is 11.8 Å². The number of anilines is 1. The Morgan fingerprint density at radius 2 is 2.00 bits per heavy atom. The number of thioether (sulfide) groups is 1. The predicted molar refractivity (Wildman–Crippen MR) is 83.9 cm³/mol. The number of hydrogen-bond acceptors (Lipinski definition) is 6. The highest BCUT2D eigenvalue weighted by Gasteiger charge is 2.20. The van der Waals surface area contributed by atoms with E-state index in [2.05, 4.69) is 19.9 Å². The van der Waals surface area contributed by atoms with E-state index in [9.17, 15) is 4.79 Å². The number of aromatic amines is 1. The van der Waals surface area contributed by atoms with Crippen LogP contribution in [0, 0.1) is 0 Å². The van der Waals surface area contributed by atoms with Crippen molar-refractivity contribution in [3.05, 3.63) is 6.33 Å². The lowest BCUT2D eigenvalue weighted by Crippen LogP contribution is -2.43. The number of nitrogens with one attached hydrogen (secondary N) is 1. The first kappa shape index (κ1) is 15.6. The van der Waals surface area contributed by atoms with Gasteiger partial charge in [0.15, 0.2) is 16.6 Å². The molecule has 8 heteroatoms. The number of hydrogen-bond donors (Lipinski definition) is 2. The Morgan fingerprint density at radius 1 is 1.33 bits per heavy atom. The standard InChI is InChI=1S/C13H20N6OS/c1-7(2)19(8(3)4)9(20)5-21-13-17-10-11(14)15-6-16-12(10)18-13/h6-8H,5H2,1-4H3,(H3,14,15,16,17,18). The van der Waals surface area contributed by atoms with Crippen LogP contribution in [0.15, 0.2) is 11.5 Å². The summed E-state index contributed by atoms with van der Waals surface area (Å²) in [5.74, 6) is 0.768. The molecule has 0 fully saturated rings. The number of nitrogens with two attached hydrogens (primary N) is 1. The van der Waals surface area contributed by atoms with E-state index in [-0.39, 0.29) is 18.0 Å². The van der Waals surface area contributed by atoms with Gasteiger partial charge in [-0.15, -0.1) is 0 Å². The van der Waals surface area contributed by atoms with Gasteiger partial charge in [-0.2, -0.15) is 0 Å². The molecule has 0 unspecified atom stereocenters. The van der Waals surface area contributed by atoms with Crippen molar-refractivity contribution in [1.82, 2.24) is 24.8 Å². The predicted octanol–water partition coefficient (Wildman–Crippen LogP) is 1.67. The van der Waals surface area contributed by atoms with E-state index in [1.165, 1.54) is 18.1 Å². The fourth-order valence-corrected chi connectivity index (χ4v) is 3.00. The van der Waals surface area contributed by atoms with Crippen molar-refractivity contribution in [2.45, 2.75) is 44.9 Å². The van der Waals surface area contributed by atoms with Crippen LogP contribution < -0.4 is 5.73 Å². The normalized spacial score (nSPS) is 11.5. The Hall–Kier alpha value is -1.83. The molecule has 0 aromatic carbocycles. The van der Waals surface area contributed by atoms with E-state index < -0.39 is 0 Å². The Balaban J connectivity index is 2.07. The molecule has 0 radical (unpaired) electrons. The summed E-state index contributed by atoms with van der Waals surface area (Å²) < 4.78 is 0. The molecule has 0 atom stereocenters. The van der Waals surface area contributed by atoms with Crippen LogP contribution in [0.2, 0.25) is 0 Å². The third kappa shape index (κ3) is 3.44. The van der Waals surface area contributed by atoms with Crippen molar-refractivity contribution in [2.75, 3.05) is 11.5 Å². The fourth-order valence-electron chi connectivity index (χ4n) is 2.27. The van der Waals surface area contributed by atoms with Gasteiger partial charge in [0.2, 0.25) is 5.91 Å². The smallest absolute Gasteiger partial charge is 0.233 e. The number of carbonyl (C=O) groups is 1. The lowest BCUT2D eigenvalue weighted by Gasteiger charge is -2.30. The Kier molecular flexibility index (Phi) is 4.66. The highest BCUT2D eigenvalue weighted by Crippen LogP contribution is 2.21. The molecule has 2 rings (SSSR count). The third-order valence-electron chi connectivity index (χ3n) is 3.03. The number of aromatic nitrogens is 4. The second kappa shape index (κ2) is 6.30. The molecule has 0 saturated heterocycles. The number of fused-ring (bicyclic) bond motifs is 1. The van der Waals surface area contributed by atoms with Crippen LogP contribution in [-0.4, -0.2) is 48.6 Å². The molecule has 0 aliphatic carbocycles. The lowest BCUT2D eigenvalue weighted by atomic mass is 10.2. The van der Waals surface area contributed by atoms with Crippen molar-refractivity contribution in [3.8, 4) is 0 Å². The SMILES string of the molecule is CC(C)N(C(=O)CSc1nc2ncnc(N)c2[nH]1)C(C)C. The van der Waals surface area contributed by atoms with E-state index in [4.69, 9.17) is 5.73 Å². The van der Waals surface area contributed by atoms with Crippen molar-refractivity contribution in [1.29, 1.82) is 0 Å². The minimum atomic E-state index is 0.0875. The van der Waals surface area contributed by atoms with Crippen LogP contribution in [0.5, 0.6) is 0 Å². The number of carbonyl (C=O) groups excluding carboxylic acids is 1. The first-order valence-electron chi connectivity index (χ1n) is 6.80. The van der Waals surface area contributed by atoms with Gasteiger partial charge in [-0.1, -0.05) is 11.8 Å². The third-order valence-corrected chi connectivity index (χ3v) is 3.89. The molecule has 0 spiro atoms. The van der Waals surface area contributed by atoms with Crippen molar-refractivity contribution in [2.24, 2.45) is 0 Å². The van der Waals surface area contributed by atoms with Crippen molar-refractivity contribution in [3.63, 3.8) is 0 Å². The summed E-state index contributed by atoms with van der Waals surface area (Å²) in [5, 5.41) is 0.623. The molecular weight excluding hydrogens is 288 g/mol. The topological polar surface area (TPSA) is 101 Å². The average molecular weight is 308 g/mol. The molecule has 21 heavy (non-hydrogen) atoms. The maximum absolute atomic E-state index is 12.3. The van der Waals surface area contributed by atoms with Crippen molar-refractivity contribution >= 4 is 34.7 Å². The van der Waals surface area contributed by atoms with E-state index >= 15 is 0 Å². The molecule has 0 bridgehead atoms. The molecule has 3 N–H and O–H groups in total. The number of H-pyrrole nitrogens is 1. The van der Waals surface area contributed by atoms with Crippen LogP contribution in [0.25, 0.3) is 11.2 Å². The maximum atomic E-state index is 12.3. The molecule has 2 aromatic heterocycles. The lowest BCUT2D eigenvalue weighted by molar-refractivity contribution is -0.131. The summed E-state index contributed by atoms with van der Waals surface area (Å²) >= 11 is 1.34. The molecule has 2 heterocycles. The zero-order valence-corrected chi connectivity index (χ0v) is 13.4. The van der Waals surface area contributed by atoms with Gasteiger partial charge in [0.1, 0.15) is 11.8 Å². The van der Waals surface area contributed by atoms with Gasteiger partial charge in [0.25, 0.3) is 0 Å². The quantitative estimate of drug-likeness (QED) is 0.815. The summed E-state index contributed by atoms with van der Waals surface area (Å²) in [4.78, 5) is 29.4. The highest BCUT2D eigenvalue weighted by molar-refractivity contribution is 7.99. The molecule has 2 aromatic rings. The highest BCUT2D eigenvalue weighted by atomic mass is 32.2. The van der Waals surface area contributed by atoms with Crippen LogP contribution in [-0.2, 0) is 4.79 Å². The zero-order valence-electron chi connectivity index (χ0n) is 12.6. The number of nitrogen functional groups attached to an aromatic ring is 1. The largest absolute Gasteiger partial charge is 0.382 e. The summed E-state index contributed by atoms with van der Waals surface area (Å²) in [7, 11) is 0. The summed E-state index contributed by atoms with van der Waals surface area (Å²) in [6.07, 6.45) is 1.37. The van der Waals surface area contributed by atoms with Gasteiger partial charge in [-0.25, -0.2) is 15.0 Å². The number of nitrogens with zero attached hydrogens (tertiary/aromatic N) is 4. The van der Waals surface area contributed by atoms with E-state index in [1.54, 1.807) is 0 Å². The van der Waals surface area contributed by atoms with Crippen LogP contribution in [0.3, 0.4) is 0 Å². The van der Waals surface area contributed by atoms with Gasteiger partial charge in [-0.05, 0) is 27.7 Å². The fraction of sp³-hybridized carbons (Fsp3) is 0.538. The van der Waals surface area contributed by atoms with Gasteiger partial charge >= 0.3 is 0 Å². The Morgan fingerprint density at radius 3 is 2.57 bits per heavy atom. The summed E-state index contributed by atoms with van der Waals surface area (Å²) in [6.45, 7) is 8.06. The number of rotatable bonds is 5. The molecule has 7 nitrogen and oxygen atoms in total. The number of amides is 1. The Bertz CT molecular complexity index is 631. The second-order valence-electron chi connectivity index (χ2n) is 5.28. The minimum absolute atomic E-state index is 0.0875. The van der Waals surface area contributed by atoms with Crippen LogP contribution in [0.1, 0.15) is 27.7 Å².